The van der Waals surface area contributed by atoms with Crippen LogP contribution in [0.3, 0.4) is 0 Å². The van der Waals surface area contributed by atoms with Crippen LogP contribution >= 0.6 is 0 Å². The zero-order valence-electron chi connectivity index (χ0n) is 8.63. The third-order valence-electron chi connectivity index (χ3n) is 2.37. The average molecular weight is 209 g/mol. The van der Waals surface area contributed by atoms with Crippen LogP contribution in [0.4, 0.5) is 4.39 Å². The lowest BCUT2D eigenvalue weighted by Gasteiger charge is -2.07. The van der Waals surface area contributed by atoms with Crippen LogP contribution in [0.25, 0.3) is 0 Å². The van der Waals surface area contributed by atoms with Gasteiger partial charge in [0.15, 0.2) is 0 Å². The van der Waals surface area contributed by atoms with Crippen molar-refractivity contribution in [2.75, 3.05) is 20.2 Å². The number of nitrogens with one attached hydrogen (secondary N) is 1. The van der Waals surface area contributed by atoms with Gasteiger partial charge in [-0.2, -0.15) is 0 Å². The molecule has 0 saturated carbocycles. The lowest BCUT2D eigenvalue weighted by atomic mass is 9.79. The molecule has 0 spiro atoms. The van der Waals surface area contributed by atoms with Crippen molar-refractivity contribution in [2.45, 2.75) is 6.61 Å². The molecule has 1 N–H and O–H groups in total. The normalized spacial score (nSPS) is 14.4. The summed E-state index contributed by atoms with van der Waals surface area (Å²) in [6, 6.07) is 4.65. The van der Waals surface area contributed by atoms with Crippen molar-refractivity contribution in [1.29, 1.82) is 0 Å². The molecule has 0 bridgehead atoms. The number of likely N-dealkylation sites (N-methyl/N-ethyl adjacent to an activating group) is 1. The first-order valence-corrected chi connectivity index (χ1v) is 4.97. The Kier molecular flexibility index (Phi) is 3.35. The SMILES string of the molecule is CNCCOB1OCc2cc(F)ccc21. The van der Waals surface area contributed by atoms with Crippen LogP contribution < -0.4 is 10.8 Å². The Balaban J connectivity index is 2.02. The molecule has 1 aliphatic rings. The smallest absolute Gasteiger partial charge is 0.406 e. The second-order valence-corrected chi connectivity index (χ2v) is 3.46. The van der Waals surface area contributed by atoms with Gasteiger partial charge in [0, 0.05) is 13.2 Å². The fourth-order valence-corrected chi connectivity index (χ4v) is 1.59. The van der Waals surface area contributed by atoms with Crippen LogP contribution in [-0.4, -0.2) is 27.3 Å². The molecule has 1 aliphatic heterocycles. The van der Waals surface area contributed by atoms with Crippen molar-refractivity contribution in [1.82, 2.24) is 5.32 Å². The number of fused-ring (bicyclic) bond motifs is 1. The summed E-state index contributed by atoms with van der Waals surface area (Å²) in [5, 5.41) is 2.98. The summed E-state index contributed by atoms with van der Waals surface area (Å²) in [6.45, 7) is 1.78. The van der Waals surface area contributed by atoms with E-state index in [2.05, 4.69) is 5.32 Å². The maximum atomic E-state index is 12.9. The third kappa shape index (κ3) is 2.37. The number of hydrogen-bond acceptors (Lipinski definition) is 3. The molecule has 80 valence electrons. The van der Waals surface area contributed by atoms with E-state index in [4.69, 9.17) is 9.31 Å². The van der Waals surface area contributed by atoms with Gasteiger partial charge in [0.25, 0.3) is 0 Å². The average Bonchev–Trinajstić information content (AvgIpc) is 2.61. The molecule has 0 radical (unpaired) electrons. The van der Waals surface area contributed by atoms with Crippen LogP contribution in [0.2, 0.25) is 0 Å². The van der Waals surface area contributed by atoms with Gasteiger partial charge in [0.2, 0.25) is 0 Å². The van der Waals surface area contributed by atoms with Crippen LogP contribution in [0.15, 0.2) is 18.2 Å². The second-order valence-electron chi connectivity index (χ2n) is 3.46. The molecule has 0 aliphatic carbocycles. The van der Waals surface area contributed by atoms with Gasteiger partial charge in [-0.05, 0) is 30.2 Å². The molecule has 1 aromatic rings. The lowest BCUT2D eigenvalue weighted by molar-refractivity contribution is 0.212. The summed E-state index contributed by atoms with van der Waals surface area (Å²) < 4.78 is 23.8. The molecule has 0 unspecified atom stereocenters. The first-order valence-electron chi connectivity index (χ1n) is 4.97. The fourth-order valence-electron chi connectivity index (χ4n) is 1.59. The summed E-state index contributed by atoms with van der Waals surface area (Å²) >= 11 is 0. The standard InChI is InChI=1S/C10H13BFNO2/c1-13-4-5-14-11-10-3-2-9(12)6-8(10)7-15-11/h2-3,6,13H,4-5,7H2,1H3. The van der Waals surface area contributed by atoms with Gasteiger partial charge in [-0.3, -0.25) is 0 Å². The lowest BCUT2D eigenvalue weighted by Crippen LogP contribution is -2.34. The van der Waals surface area contributed by atoms with Gasteiger partial charge in [0.1, 0.15) is 5.82 Å². The molecular formula is C10H13BFNO2. The Hall–Kier alpha value is -0.905. The van der Waals surface area contributed by atoms with E-state index in [0.29, 0.717) is 13.2 Å². The van der Waals surface area contributed by atoms with Crippen molar-refractivity contribution >= 4 is 12.6 Å². The molecule has 0 saturated heterocycles. The number of rotatable bonds is 4. The zero-order chi connectivity index (χ0) is 10.7. The number of halogens is 1. The summed E-state index contributed by atoms with van der Waals surface area (Å²) in [5.41, 5.74) is 1.82. The minimum atomic E-state index is -0.339. The predicted octanol–water partition coefficient (Wildman–Crippen LogP) is 0.287. The van der Waals surface area contributed by atoms with Crippen LogP contribution in [0.5, 0.6) is 0 Å². The number of hydrogen-bond donors (Lipinski definition) is 1. The van der Waals surface area contributed by atoms with Gasteiger partial charge in [-0.15, -0.1) is 0 Å². The molecule has 2 rings (SSSR count). The van der Waals surface area contributed by atoms with Crippen LogP contribution in [0, 0.1) is 5.82 Å². The summed E-state index contributed by atoms with van der Waals surface area (Å²) in [6.07, 6.45) is 0. The molecule has 1 aromatic carbocycles. The van der Waals surface area contributed by atoms with E-state index in [0.717, 1.165) is 17.6 Å². The first-order chi connectivity index (χ1) is 7.31. The predicted molar refractivity (Wildman–Crippen MR) is 56.5 cm³/mol. The Bertz CT molecular complexity index is 348. The Morgan fingerprint density at radius 1 is 1.60 bits per heavy atom. The van der Waals surface area contributed by atoms with Gasteiger partial charge in [0.05, 0.1) is 6.61 Å². The molecule has 5 heteroatoms. The third-order valence-corrected chi connectivity index (χ3v) is 2.37. The maximum Gasteiger partial charge on any atom is 0.494 e. The van der Waals surface area contributed by atoms with E-state index >= 15 is 0 Å². The van der Waals surface area contributed by atoms with Crippen molar-refractivity contribution in [2.24, 2.45) is 0 Å². The monoisotopic (exact) mass is 209 g/mol. The highest BCUT2D eigenvalue weighted by molar-refractivity contribution is 6.62. The van der Waals surface area contributed by atoms with E-state index in [1.165, 1.54) is 12.1 Å². The van der Waals surface area contributed by atoms with E-state index < -0.39 is 0 Å². The summed E-state index contributed by atoms with van der Waals surface area (Å²) in [7, 11) is 1.52. The topological polar surface area (TPSA) is 30.5 Å². The van der Waals surface area contributed by atoms with Gasteiger partial charge in [-0.25, -0.2) is 4.39 Å². The first kappa shape index (κ1) is 10.6. The maximum absolute atomic E-state index is 12.9. The van der Waals surface area contributed by atoms with Gasteiger partial charge >= 0.3 is 7.12 Å². The molecule has 3 nitrogen and oxygen atoms in total. The van der Waals surface area contributed by atoms with Crippen LogP contribution in [-0.2, 0) is 15.9 Å². The fraction of sp³-hybridized carbons (Fsp3) is 0.400. The molecule has 15 heavy (non-hydrogen) atoms. The van der Waals surface area contributed by atoms with Crippen molar-refractivity contribution < 1.29 is 13.7 Å². The van der Waals surface area contributed by atoms with Crippen molar-refractivity contribution in [3.8, 4) is 0 Å². The minimum absolute atomic E-state index is 0.228. The largest absolute Gasteiger partial charge is 0.494 e. The number of benzene rings is 1. The minimum Gasteiger partial charge on any atom is -0.406 e. The molecule has 0 fully saturated rings. The molecule has 1 heterocycles. The highest BCUT2D eigenvalue weighted by Gasteiger charge is 2.30. The molecule has 0 aromatic heterocycles. The second kappa shape index (κ2) is 4.74. The van der Waals surface area contributed by atoms with Crippen LogP contribution in [0.1, 0.15) is 5.56 Å². The summed E-state index contributed by atoms with van der Waals surface area (Å²) in [4.78, 5) is 0. The van der Waals surface area contributed by atoms with Crippen molar-refractivity contribution in [3.63, 3.8) is 0 Å². The zero-order valence-corrected chi connectivity index (χ0v) is 8.63. The van der Waals surface area contributed by atoms with Gasteiger partial charge < -0.3 is 14.6 Å². The van der Waals surface area contributed by atoms with E-state index in [9.17, 15) is 4.39 Å². The van der Waals surface area contributed by atoms with Gasteiger partial charge in [-0.1, -0.05) is 6.07 Å². The molecular weight excluding hydrogens is 196 g/mol. The van der Waals surface area contributed by atoms with E-state index in [-0.39, 0.29) is 12.9 Å². The Labute approximate surface area is 88.7 Å². The Morgan fingerprint density at radius 2 is 2.47 bits per heavy atom. The van der Waals surface area contributed by atoms with Crippen molar-refractivity contribution in [3.05, 3.63) is 29.6 Å². The highest BCUT2D eigenvalue weighted by atomic mass is 19.1. The highest BCUT2D eigenvalue weighted by Crippen LogP contribution is 2.12. The molecule has 0 amide bonds. The van der Waals surface area contributed by atoms with E-state index in [1.54, 1.807) is 6.07 Å². The summed E-state index contributed by atoms with van der Waals surface area (Å²) in [5.74, 6) is -0.228. The molecule has 0 atom stereocenters. The Morgan fingerprint density at radius 3 is 3.27 bits per heavy atom. The quantitative estimate of drug-likeness (QED) is 0.571. The van der Waals surface area contributed by atoms with E-state index in [1.807, 2.05) is 7.05 Å².